The summed E-state index contributed by atoms with van der Waals surface area (Å²) in [5.41, 5.74) is 2.33. The Morgan fingerprint density at radius 2 is 1.88 bits per heavy atom. The van der Waals surface area contributed by atoms with Crippen LogP contribution in [-0.2, 0) is 4.79 Å². The highest BCUT2D eigenvalue weighted by Crippen LogP contribution is 2.31. The first kappa shape index (κ1) is 15.5. The Kier molecular flexibility index (Phi) is 3.40. The lowest BCUT2D eigenvalue weighted by molar-refractivity contribution is -0.112. The van der Waals surface area contributed by atoms with Crippen LogP contribution in [-0.4, -0.2) is 27.8 Å². The SMILES string of the molecule is O=C1Nc2ccc(-c3cc(C(=O)O)c4cc(Br)ccc4n3)cc2C1=O. The van der Waals surface area contributed by atoms with Crippen molar-refractivity contribution in [3.63, 3.8) is 0 Å². The van der Waals surface area contributed by atoms with Crippen molar-refractivity contribution in [3.8, 4) is 11.3 Å². The van der Waals surface area contributed by atoms with Crippen LogP contribution in [0.25, 0.3) is 22.2 Å². The molecule has 0 radical (unpaired) electrons. The predicted molar refractivity (Wildman–Crippen MR) is 94.8 cm³/mol. The fourth-order valence-electron chi connectivity index (χ4n) is 2.82. The zero-order valence-corrected chi connectivity index (χ0v) is 14.1. The van der Waals surface area contributed by atoms with Crippen LogP contribution in [0.15, 0.2) is 46.9 Å². The highest BCUT2D eigenvalue weighted by Gasteiger charge is 2.28. The number of Topliss-reactive ketones (excluding diaryl/α,β-unsaturated/α-hetero) is 1. The largest absolute Gasteiger partial charge is 0.478 e. The van der Waals surface area contributed by atoms with Crippen molar-refractivity contribution in [1.29, 1.82) is 0 Å². The highest BCUT2D eigenvalue weighted by molar-refractivity contribution is 9.10. The molecular formula is C18H9BrN2O4. The first-order valence-corrected chi connectivity index (χ1v) is 8.07. The maximum atomic E-state index is 11.9. The summed E-state index contributed by atoms with van der Waals surface area (Å²) in [5.74, 6) is -2.35. The molecule has 0 saturated carbocycles. The van der Waals surface area contributed by atoms with Crippen molar-refractivity contribution in [3.05, 3.63) is 58.1 Å². The molecule has 1 amide bonds. The number of fused-ring (bicyclic) bond motifs is 2. The number of halogens is 1. The number of carbonyl (C=O) groups excluding carboxylic acids is 2. The maximum Gasteiger partial charge on any atom is 0.336 e. The Bertz CT molecular complexity index is 1110. The lowest BCUT2D eigenvalue weighted by Crippen LogP contribution is -2.12. The fraction of sp³-hybridized carbons (Fsp3) is 0. The third kappa shape index (κ3) is 2.49. The molecule has 7 heteroatoms. The van der Waals surface area contributed by atoms with Crippen LogP contribution >= 0.6 is 15.9 Å². The summed E-state index contributed by atoms with van der Waals surface area (Å²) < 4.78 is 0.754. The summed E-state index contributed by atoms with van der Waals surface area (Å²) in [5, 5.41) is 12.5. The molecule has 1 aliphatic rings. The van der Waals surface area contributed by atoms with Crippen molar-refractivity contribution in [2.45, 2.75) is 0 Å². The van der Waals surface area contributed by atoms with Crippen molar-refractivity contribution in [2.24, 2.45) is 0 Å². The second-order valence-corrected chi connectivity index (χ2v) is 6.48. The topological polar surface area (TPSA) is 96.4 Å². The Morgan fingerprint density at radius 3 is 2.64 bits per heavy atom. The quantitative estimate of drug-likeness (QED) is 0.646. The molecule has 0 saturated heterocycles. The average molecular weight is 397 g/mol. The van der Waals surface area contributed by atoms with Gasteiger partial charge in [-0.3, -0.25) is 9.59 Å². The lowest BCUT2D eigenvalue weighted by Gasteiger charge is -2.08. The van der Waals surface area contributed by atoms with Crippen LogP contribution in [0.5, 0.6) is 0 Å². The van der Waals surface area contributed by atoms with Crippen molar-refractivity contribution < 1.29 is 19.5 Å². The van der Waals surface area contributed by atoms with E-state index >= 15 is 0 Å². The number of nitrogens with zero attached hydrogens (tertiary/aromatic N) is 1. The minimum Gasteiger partial charge on any atom is -0.478 e. The van der Waals surface area contributed by atoms with E-state index < -0.39 is 17.7 Å². The molecule has 122 valence electrons. The third-order valence-electron chi connectivity index (χ3n) is 4.02. The minimum absolute atomic E-state index is 0.113. The number of benzene rings is 2. The maximum absolute atomic E-state index is 11.9. The van der Waals surface area contributed by atoms with Gasteiger partial charge in [-0.2, -0.15) is 0 Å². The number of aromatic carboxylic acids is 1. The molecule has 4 rings (SSSR count). The molecular weight excluding hydrogens is 388 g/mol. The van der Waals surface area contributed by atoms with Gasteiger partial charge in [0.2, 0.25) is 0 Å². The number of carboxylic acid groups (broad SMARTS) is 1. The second kappa shape index (κ2) is 5.49. The normalized spacial score (nSPS) is 13.0. The van der Waals surface area contributed by atoms with E-state index in [2.05, 4.69) is 26.2 Å². The van der Waals surface area contributed by atoms with Gasteiger partial charge in [-0.1, -0.05) is 22.0 Å². The number of carboxylic acids is 1. The molecule has 0 fully saturated rings. The first-order valence-electron chi connectivity index (χ1n) is 7.28. The van der Waals surface area contributed by atoms with Crippen molar-refractivity contribution >= 4 is 50.2 Å². The molecule has 25 heavy (non-hydrogen) atoms. The summed E-state index contributed by atoms with van der Waals surface area (Å²) >= 11 is 3.33. The molecule has 1 aromatic heterocycles. The first-order chi connectivity index (χ1) is 11.9. The van der Waals surface area contributed by atoms with Crippen LogP contribution in [0.1, 0.15) is 20.7 Å². The van der Waals surface area contributed by atoms with E-state index in [1.54, 1.807) is 36.4 Å². The van der Waals surface area contributed by atoms with Crippen LogP contribution in [0.3, 0.4) is 0 Å². The van der Waals surface area contributed by atoms with Crippen LogP contribution < -0.4 is 5.32 Å². The Morgan fingerprint density at radius 1 is 1.08 bits per heavy atom. The molecule has 0 aliphatic carbocycles. The molecule has 0 atom stereocenters. The van der Waals surface area contributed by atoms with Gasteiger partial charge in [0.05, 0.1) is 28.0 Å². The molecule has 6 nitrogen and oxygen atoms in total. The van der Waals surface area contributed by atoms with E-state index in [1.165, 1.54) is 6.07 Å². The number of aromatic nitrogens is 1. The van der Waals surface area contributed by atoms with Gasteiger partial charge in [-0.15, -0.1) is 0 Å². The fourth-order valence-corrected chi connectivity index (χ4v) is 3.19. The molecule has 3 aromatic rings. The lowest BCUT2D eigenvalue weighted by atomic mass is 10.0. The molecule has 2 N–H and O–H groups in total. The number of ketones is 1. The summed E-state index contributed by atoms with van der Waals surface area (Å²) in [6.07, 6.45) is 0. The van der Waals surface area contributed by atoms with Crippen molar-refractivity contribution in [1.82, 2.24) is 4.98 Å². The molecule has 0 unspecified atom stereocenters. The summed E-state index contributed by atoms with van der Waals surface area (Å²) in [6.45, 7) is 0. The van der Waals surface area contributed by atoms with Gasteiger partial charge in [0.15, 0.2) is 0 Å². The smallest absolute Gasteiger partial charge is 0.336 e. The monoisotopic (exact) mass is 396 g/mol. The predicted octanol–water partition coefficient (Wildman–Crippen LogP) is 3.50. The summed E-state index contributed by atoms with van der Waals surface area (Å²) in [7, 11) is 0. The van der Waals surface area contributed by atoms with Crippen LogP contribution in [0.2, 0.25) is 0 Å². The number of anilines is 1. The molecule has 1 aliphatic heterocycles. The standard InChI is InChI=1S/C18H9BrN2O4/c19-9-2-4-13-10(6-9)11(18(24)25)7-15(20-13)8-1-3-14-12(5-8)16(22)17(23)21-14/h1-7H,(H,24,25)(H,21,22,23). The average Bonchev–Trinajstić information content (AvgIpc) is 2.88. The number of carbonyl (C=O) groups is 3. The Balaban J connectivity index is 1.94. The van der Waals surface area contributed by atoms with Gasteiger partial charge in [-0.05, 0) is 36.4 Å². The Labute approximate surface area is 149 Å². The zero-order valence-electron chi connectivity index (χ0n) is 12.5. The highest BCUT2D eigenvalue weighted by atomic mass is 79.9. The second-order valence-electron chi connectivity index (χ2n) is 5.57. The minimum atomic E-state index is -1.07. The molecule has 2 aromatic carbocycles. The summed E-state index contributed by atoms with van der Waals surface area (Å²) in [6, 6.07) is 11.5. The van der Waals surface area contributed by atoms with Gasteiger partial charge < -0.3 is 10.4 Å². The van der Waals surface area contributed by atoms with Gasteiger partial charge in [0.25, 0.3) is 11.7 Å². The summed E-state index contributed by atoms with van der Waals surface area (Å²) in [4.78, 5) is 39.5. The van der Waals surface area contributed by atoms with E-state index in [4.69, 9.17) is 0 Å². The number of amides is 1. The zero-order chi connectivity index (χ0) is 17.7. The van der Waals surface area contributed by atoms with E-state index in [1.807, 2.05) is 0 Å². The van der Waals surface area contributed by atoms with Crippen LogP contribution in [0, 0.1) is 0 Å². The van der Waals surface area contributed by atoms with Crippen molar-refractivity contribution in [2.75, 3.05) is 5.32 Å². The van der Waals surface area contributed by atoms with E-state index in [0.717, 1.165) is 4.47 Å². The van der Waals surface area contributed by atoms with Crippen LogP contribution in [0.4, 0.5) is 5.69 Å². The van der Waals surface area contributed by atoms with E-state index in [0.29, 0.717) is 27.8 Å². The molecule has 2 heterocycles. The number of pyridine rings is 1. The third-order valence-corrected chi connectivity index (χ3v) is 4.51. The van der Waals surface area contributed by atoms with Gasteiger partial charge >= 0.3 is 5.97 Å². The van der Waals surface area contributed by atoms with Gasteiger partial charge in [-0.25, -0.2) is 9.78 Å². The number of nitrogens with one attached hydrogen (secondary N) is 1. The number of hydrogen-bond donors (Lipinski definition) is 2. The van der Waals surface area contributed by atoms with E-state index in [9.17, 15) is 19.5 Å². The van der Waals surface area contributed by atoms with Gasteiger partial charge in [0.1, 0.15) is 0 Å². The molecule has 0 spiro atoms. The molecule has 0 bridgehead atoms. The van der Waals surface area contributed by atoms with Gasteiger partial charge in [0, 0.05) is 15.4 Å². The van der Waals surface area contributed by atoms with E-state index in [-0.39, 0.29) is 11.1 Å². The number of rotatable bonds is 2. The Hall–Kier alpha value is -3.06. The number of hydrogen-bond acceptors (Lipinski definition) is 4.